The molecule has 0 radical (unpaired) electrons. The van der Waals surface area contributed by atoms with Gasteiger partial charge in [-0.15, -0.1) is 0 Å². The van der Waals surface area contributed by atoms with Crippen molar-refractivity contribution in [3.05, 3.63) is 95.4 Å². The lowest BCUT2D eigenvalue weighted by molar-refractivity contribution is -0.659. The third kappa shape index (κ3) is 2.79. The number of benzene rings is 2. The molecule has 2 heteroatoms. The fourth-order valence-corrected chi connectivity index (χ4v) is 4.78. The van der Waals surface area contributed by atoms with Crippen LogP contribution in [0.4, 0.5) is 0 Å². The van der Waals surface area contributed by atoms with E-state index in [1.54, 1.807) is 0 Å². The fourth-order valence-electron chi connectivity index (χ4n) is 4.78. The molecular weight excluding hydrogens is 364 g/mol. The number of aromatic nitrogens is 2. The van der Waals surface area contributed by atoms with Gasteiger partial charge in [0, 0.05) is 34.4 Å². The Hall–Kier alpha value is -3.26. The zero-order valence-electron chi connectivity index (χ0n) is 18.3. The van der Waals surface area contributed by atoms with E-state index in [9.17, 15) is 0 Å². The second kappa shape index (κ2) is 6.63. The maximum Gasteiger partial charge on any atom is 0.212 e. The van der Waals surface area contributed by atoms with Crippen LogP contribution in [0, 0.1) is 13.8 Å². The quantitative estimate of drug-likeness (QED) is 0.374. The van der Waals surface area contributed by atoms with Crippen molar-refractivity contribution < 1.29 is 4.57 Å². The summed E-state index contributed by atoms with van der Waals surface area (Å²) in [4.78, 5) is 4.72. The van der Waals surface area contributed by atoms with Crippen LogP contribution in [0.25, 0.3) is 33.5 Å². The van der Waals surface area contributed by atoms with E-state index >= 15 is 0 Å². The Labute approximate surface area is 178 Å². The van der Waals surface area contributed by atoms with Gasteiger partial charge < -0.3 is 0 Å². The lowest BCUT2D eigenvalue weighted by atomic mass is 9.83. The first-order valence-electron chi connectivity index (χ1n) is 10.5. The number of pyridine rings is 2. The van der Waals surface area contributed by atoms with Crippen molar-refractivity contribution in [1.29, 1.82) is 0 Å². The molecule has 1 aliphatic rings. The molecule has 2 aromatic carbocycles. The summed E-state index contributed by atoms with van der Waals surface area (Å²) in [6.07, 6.45) is 4.14. The van der Waals surface area contributed by atoms with Crippen LogP contribution in [0.5, 0.6) is 0 Å². The van der Waals surface area contributed by atoms with E-state index in [-0.39, 0.29) is 5.41 Å². The molecule has 0 spiro atoms. The predicted octanol–water partition coefficient (Wildman–Crippen LogP) is 6.16. The summed E-state index contributed by atoms with van der Waals surface area (Å²) in [7, 11) is 2.14. The van der Waals surface area contributed by atoms with Crippen LogP contribution in [-0.2, 0) is 12.5 Å². The molecule has 0 N–H and O–H groups in total. The number of nitrogens with zero attached hydrogens (tertiary/aromatic N) is 2. The standard InChI is InChI=1S/C28H27N2/c1-18-8-10-20(11-9-18)21-12-13-26(30(5)17-21)23-16-24-22-7-6-14-29-27(22)28(3,4)25(24)15-19(23)2/h6-17H,1-5H3/q+1. The van der Waals surface area contributed by atoms with Crippen molar-refractivity contribution in [1.82, 2.24) is 4.98 Å². The second-order valence-corrected chi connectivity index (χ2v) is 9.02. The summed E-state index contributed by atoms with van der Waals surface area (Å²) in [5.41, 5.74) is 12.6. The van der Waals surface area contributed by atoms with E-state index in [4.69, 9.17) is 4.98 Å². The Morgan fingerprint density at radius 1 is 0.800 bits per heavy atom. The van der Waals surface area contributed by atoms with Crippen molar-refractivity contribution >= 4 is 0 Å². The molecule has 0 saturated carbocycles. The Morgan fingerprint density at radius 3 is 2.27 bits per heavy atom. The molecule has 0 saturated heterocycles. The van der Waals surface area contributed by atoms with Crippen LogP contribution in [0.3, 0.4) is 0 Å². The molecule has 0 aliphatic heterocycles. The minimum Gasteiger partial charge on any atom is -0.260 e. The SMILES string of the molecule is Cc1ccc(-c2ccc(-c3cc4c(cc3C)C(C)(C)c3ncccc3-4)[n+](C)c2)cc1. The first kappa shape index (κ1) is 18.7. The first-order chi connectivity index (χ1) is 14.4. The van der Waals surface area contributed by atoms with Crippen molar-refractivity contribution in [2.45, 2.75) is 33.1 Å². The molecule has 148 valence electrons. The highest BCUT2D eigenvalue weighted by Gasteiger charge is 2.37. The van der Waals surface area contributed by atoms with Crippen LogP contribution in [0.2, 0.25) is 0 Å². The monoisotopic (exact) mass is 391 g/mol. The topological polar surface area (TPSA) is 16.8 Å². The van der Waals surface area contributed by atoms with Crippen LogP contribution >= 0.6 is 0 Å². The van der Waals surface area contributed by atoms with Crippen LogP contribution in [0.15, 0.2) is 73.1 Å². The molecule has 0 bridgehead atoms. The van der Waals surface area contributed by atoms with E-state index in [2.05, 4.69) is 100 Å². The molecule has 2 nitrogen and oxygen atoms in total. The average molecular weight is 392 g/mol. The van der Waals surface area contributed by atoms with Gasteiger partial charge in [0.25, 0.3) is 0 Å². The van der Waals surface area contributed by atoms with Gasteiger partial charge in [0.05, 0.1) is 5.69 Å². The molecular formula is C28H27N2+. The zero-order valence-corrected chi connectivity index (χ0v) is 18.3. The Balaban J connectivity index is 1.64. The Bertz CT molecular complexity index is 1280. The summed E-state index contributed by atoms with van der Waals surface area (Å²) >= 11 is 0. The zero-order chi connectivity index (χ0) is 21.0. The molecule has 0 unspecified atom stereocenters. The molecule has 0 amide bonds. The summed E-state index contributed by atoms with van der Waals surface area (Å²) in [5.74, 6) is 0. The van der Waals surface area contributed by atoms with Crippen molar-refractivity contribution in [3.8, 4) is 33.5 Å². The second-order valence-electron chi connectivity index (χ2n) is 9.02. The van der Waals surface area contributed by atoms with Gasteiger partial charge in [-0.3, -0.25) is 4.98 Å². The van der Waals surface area contributed by atoms with E-state index in [0.29, 0.717) is 0 Å². The minimum atomic E-state index is -0.0628. The lowest BCUT2D eigenvalue weighted by Gasteiger charge is -2.21. The van der Waals surface area contributed by atoms with Crippen LogP contribution in [0.1, 0.15) is 36.2 Å². The van der Waals surface area contributed by atoms with Gasteiger partial charge in [-0.2, -0.15) is 0 Å². The molecule has 2 aromatic heterocycles. The Morgan fingerprint density at radius 2 is 1.53 bits per heavy atom. The number of aryl methyl sites for hydroxylation is 3. The molecule has 30 heavy (non-hydrogen) atoms. The number of rotatable bonds is 2. The van der Waals surface area contributed by atoms with E-state index in [0.717, 1.165) is 0 Å². The third-order valence-electron chi connectivity index (χ3n) is 6.52. The van der Waals surface area contributed by atoms with E-state index in [1.807, 2.05) is 12.3 Å². The largest absolute Gasteiger partial charge is 0.260 e. The van der Waals surface area contributed by atoms with Crippen LogP contribution < -0.4 is 4.57 Å². The molecule has 4 aromatic rings. The van der Waals surface area contributed by atoms with Gasteiger partial charge in [-0.1, -0.05) is 55.8 Å². The van der Waals surface area contributed by atoms with Gasteiger partial charge in [-0.05, 0) is 54.3 Å². The van der Waals surface area contributed by atoms with Gasteiger partial charge in [0.15, 0.2) is 6.20 Å². The van der Waals surface area contributed by atoms with E-state index < -0.39 is 0 Å². The highest BCUT2D eigenvalue weighted by molar-refractivity contribution is 5.83. The fraction of sp³-hybridized carbons (Fsp3) is 0.214. The highest BCUT2D eigenvalue weighted by Crippen LogP contribution is 2.49. The van der Waals surface area contributed by atoms with Crippen molar-refractivity contribution in [2.75, 3.05) is 0 Å². The Kier molecular flexibility index (Phi) is 4.14. The first-order valence-corrected chi connectivity index (χ1v) is 10.5. The number of hydrogen-bond donors (Lipinski definition) is 0. The van der Waals surface area contributed by atoms with Gasteiger partial charge in [0.2, 0.25) is 5.69 Å². The summed E-state index contributed by atoms with van der Waals surface area (Å²) in [5, 5.41) is 0. The normalized spacial score (nSPS) is 13.8. The predicted molar refractivity (Wildman–Crippen MR) is 123 cm³/mol. The van der Waals surface area contributed by atoms with Gasteiger partial charge in [0.1, 0.15) is 7.05 Å². The highest BCUT2D eigenvalue weighted by atomic mass is 14.9. The number of hydrogen-bond acceptors (Lipinski definition) is 1. The van der Waals surface area contributed by atoms with Gasteiger partial charge >= 0.3 is 0 Å². The summed E-state index contributed by atoms with van der Waals surface area (Å²) in [6, 6.07) is 22.2. The molecule has 5 rings (SSSR count). The minimum absolute atomic E-state index is 0.0628. The third-order valence-corrected chi connectivity index (χ3v) is 6.52. The average Bonchev–Trinajstić information content (AvgIpc) is 2.95. The smallest absolute Gasteiger partial charge is 0.212 e. The van der Waals surface area contributed by atoms with E-state index in [1.165, 1.54) is 55.9 Å². The van der Waals surface area contributed by atoms with Crippen molar-refractivity contribution in [3.63, 3.8) is 0 Å². The summed E-state index contributed by atoms with van der Waals surface area (Å²) < 4.78 is 2.24. The maximum atomic E-state index is 4.72. The van der Waals surface area contributed by atoms with Crippen LogP contribution in [-0.4, -0.2) is 4.98 Å². The molecule has 2 heterocycles. The van der Waals surface area contributed by atoms with Gasteiger partial charge in [-0.25, -0.2) is 4.57 Å². The summed E-state index contributed by atoms with van der Waals surface area (Å²) in [6.45, 7) is 8.90. The number of fused-ring (bicyclic) bond motifs is 3. The maximum absolute atomic E-state index is 4.72. The molecule has 0 fully saturated rings. The lowest BCUT2D eigenvalue weighted by Crippen LogP contribution is -2.31. The molecule has 1 aliphatic carbocycles. The van der Waals surface area contributed by atoms with Crippen molar-refractivity contribution in [2.24, 2.45) is 7.05 Å². The molecule has 0 atom stereocenters.